The fourth-order valence-electron chi connectivity index (χ4n) is 2.35. The Morgan fingerprint density at radius 3 is 2.63 bits per heavy atom. The van der Waals surface area contributed by atoms with Gasteiger partial charge in [0.25, 0.3) is 0 Å². The maximum atomic E-state index is 4.10. The first-order chi connectivity index (χ1) is 9.43. The molecule has 2 heterocycles. The van der Waals surface area contributed by atoms with Crippen molar-refractivity contribution in [2.75, 3.05) is 0 Å². The third-order valence-electron chi connectivity index (χ3n) is 3.21. The van der Waals surface area contributed by atoms with Crippen LogP contribution in [0.3, 0.4) is 0 Å². The first-order valence-corrected chi connectivity index (χ1v) is 6.91. The van der Waals surface area contributed by atoms with Gasteiger partial charge in [-0.3, -0.25) is 0 Å². The highest BCUT2D eigenvalue weighted by Gasteiger charge is 2.28. The number of tetrazole rings is 1. The van der Waals surface area contributed by atoms with E-state index in [1.165, 1.54) is 11.1 Å². The van der Waals surface area contributed by atoms with Gasteiger partial charge in [0, 0.05) is 0 Å². The molecule has 3 aromatic rings. The van der Waals surface area contributed by atoms with E-state index in [0.29, 0.717) is 0 Å². The Morgan fingerprint density at radius 2 is 1.74 bits per heavy atom. The maximum absolute atomic E-state index is 4.10. The van der Waals surface area contributed by atoms with Crippen LogP contribution in [0.25, 0.3) is 5.69 Å². The zero-order valence-corrected chi connectivity index (χ0v) is 10.8. The summed E-state index contributed by atoms with van der Waals surface area (Å²) in [5, 5.41) is 13.0. The predicted molar refractivity (Wildman–Crippen MR) is 73.3 cm³/mol. The summed E-state index contributed by atoms with van der Waals surface area (Å²) in [5.41, 5.74) is 3.59. The lowest BCUT2D eigenvalue weighted by molar-refractivity contribution is 0.738. The summed E-state index contributed by atoms with van der Waals surface area (Å²) >= 11 is 1.69. The Balaban J connectivity index is 1.93. The minimum atomic E-state index is 0.246. The van der Waals surface area contributed by atoms with E-state index in [0.717, 1.165) is 10.8 Å². The summed E-state index contributed by atoms with van der Waals surface area (Å²) in [6.45, 7) is 0. The van der Waals surface area contributed by atoms with Crippen LogP contribution < -0.4 is 0 Å². The monoisotopic (exact) mass is 266 g/mol. The van der Waals surface area contributed by atoms with E-state index in [-0.39, 0.29) is 5.25 Å². The van der Waals surface area contributed by atoms with Gasteiger partial charge >= 0.3 is 0 Å². The molecular weight excluding hydrogens is 256 g/mol. The molecule has 4 rings (SSSR count). The van der Waals surface area contributed by atoms with Gasteiger partial charge < -0.3 is 0 Å². The van der Waals surface area contributed by atoms with Crippen LogP contribution in [0.5, 0.6) is 0 Å². The number of benzene rings is 2. The molecule has 1 atom stereocenters. The topological polar surface area (TPSA) is 43.6 Å². The molecule has 0 bridgehead atoms. The third kappa shape index (κ3) is 1.66. The molecule has 2 aromatic carbocycles. The van der Waals surface area contributed by atoms with Crippen molar-refractivity contribution in [2.45, 2.75) is 10.4 Å². The molecule has 1 aliphatic heterocycles. The molecule has 92 valence electrons. The minimum Gasteiger partial charge on any atom is -0.187 e. The van der Waals surface area contributed by atoms with Crippen molar-refractivity contribution in [3.05, 3.63) is 65.7 Å². The lowest BCUT2D eigenvalue weighted by Gasteiger charge is -2.24. The molecule has 5 heteroatoms. The summed E-state index contributed by atoms with van der Waals surface area (Å²) in [5.74, 6) is 0. The second kappa shape index (κ2) is 4.20. The largest absolute Gasteiger partial charge is 0.215 e. The Morgan fingerprint density at radius 1 is 0.947 bits per heavy atom. The number of aromatic nitrogens is 4. The van der Waals surface area contributed by atoms with Crippen LogP contribution >= 0.6 is 11.8 Å². The lowest BCUT2D eigenvalue weighted by atomic mass is 10.0. The van der Waals surface area contributed by atoms with E-state index in [4.69, 9.17) is 0 Å². The minimum absolute atomic E-state index is 0.246. The van der Waals surface area contributed by atoms with Crippen molar-refractivity contribution < 1.29 is 0 Å². The molecular formula is C14H10N4S. The first-order valence-electron chi connectivity index (χ1n) is 6.03. The molecule has 0 spiro atoms. The summed E-state index contributed by atoms with van der Waals surface area (Å²) < 4.78 is 1.80. The average Bonchev–Trinajstić information content (AvgIpc) is 2.96. The van der Waals surface area contributed by atoms with Crippen molar-refractivity contribution >= 4 is 11.8 Å². The summed E-state index contributed by atoms with van der Waals surface area (Å²) in [7, 11) is 0. The van der Waals surface area contributed by atoms with Crippen LogP contribution in [0.15, 0.2) is 59.8 Å². The number of hydrogen-bond donors (Lipinski definition) is 0. The molecule has 0 saturated carbocycles. The fourth-order valence-corrected chi connectivity index (χ4v) is 3.50. The Labute approximate surface area is 114 Å². The number of hydrogen-bond acceptors (Lipinski definition) is 4. The summed E-state index contributed by atoms with van der Waals surface area (Å²) in [6, 6.07) is 18.7. The van der Waals surface area contributed by atoms with Crippen LogP contribution in [-0.4, -0.2) is 20.2 Å². The van der Waals surface area contributed by atoms with E-state index >= 15 is 0 Å². The van der Waals surface area contributed by atoms with E-state index < -0.39 is 0 Å². The zero-order chi connectivity index (χ0) is 12.7. The van der Waals surface area contributed by atoms with Gasteiger partial charge in [0.1, 0.15) is 0 Å². The van der Waals surface area contributed by atoms with Gasteiger partial charge in [-0.2, -0.15) is 4.68 Å². The second-order valence-electron chi connectivity index (χ2n) is 4.34. The van der Waals surface area contributed by atoms with Crippen molar-refractivity contribution in [3.8, 4) is 5.69 Å². The Kier molecular flexibility index (Phi) is 2.38. The van der Waals surface area contributed by atoms with Crippen molar-refractivity contribution in [2.24, 2.45) is 0 Å². The number of rotatable bonds is 1. The highest BCUT2D eigenvalue weighted by molar-refractivity contribution is 7.99. The normalized spacial score (nSPS) is 16.7. The first kappa shape index (κ1) is 10.8. The van der Waals surface area contributed by atoms with E-state index in [2.05, 4.69) is 58.0 Å². The molecule has 19 heavy (non-hydrogen) atoms. The molecule has 0 amide bonds. The highest BCUT2D eigenvalue weighted by atomic mass is 32.2. The van der Waals surface area contributed by atoms with Gasteiger partial charge in [0.05, 0.1) is 10.9 Å². The van der Waals surface area contributed by atoms with Gasteiger partial charge in [0.15, 0.2) is 0 Å². The van der Waals surface area contributed by atoms with E-state index in [9.17, 15) is 0 Å². The van der Waals surface area contributed by atoms with Gasteiger partial charge in [-0.25, -0.2) is 0 Å². The van der Waals surface area contributed by atoms with Crippen LogP contribution in [0, 0.1) is 0 Å². The average molecular weight is 266 g/mol. The quantitative estimate of drug-likeness (QED) is 0.679. The zero-order valence-electron chi connectivity index (χ0n) is 9.97. The number of nitrogens with zero attached hydrogens (tertiary/aromatic N) is 4. The maximum Gasteiger partial charge on any atom is 0.215 e. The van der Waals surface area contributed by atoms with Crippen molar-refractivity contribution in [1.29, 1.82) is 0 Å². The van der Waals surface area contributed by atoms with Crippen LogP contribution in [-0.2, 0) is 0 Å². The Bertz CT molecular complexity index is 723. The second-order valence-corrected chi connectivity index (χ2v) is 5.41. The SMILES string of the molecule is c1ccc(C2Sc3nnnn3-c3ccccc32)cc1. The van der Waals surface area contributed by atoms with Crippen molar-refractivity contribution in [1.82, 2.24) is 20.2 Å². The van der Waals surface area contributed by atoms with Crippen LogP contribution in [0.1, 0.15) is 16.4 Å². The van der Waals surface area contributed by atoms with Gasteiger partial charge in [-0.05, 0) is 27.6 Å². The molecule has 0 radical (unpaired) electrons. The molecule has 0 N–H and O–H groups in total. The molecule has 1 aromatic heterocycles. The molecule has 0 fully saturated rings. The number of para-hydroxylation sites is 1. The fraction of sp³-hybridized carbons (Fsp3) is 0.0714. The molecule has 1 aliphatic rings. The molecule has 0 saturated heterocycles. The smallest absolute Gasteiger partial charge is 0.187 e. The standard InChI is InChI=1S/C14H10N4S/c1-2-6-10(7-3-1)13-11-8-4-5-9-12(11)18-14(19-13)15-16-17-18/h1-9,13H. The Hall–Kier alpha value is -2.14. The highest BCUT2D eigenvalue weighted by Crippen LogP contribution is 2.45. The van der Waals surface area contributed by atoms with Gasteiger partial charge in [-0.15, -0.1) is 5.10 Å². The van der Waals surface area contributed by atoms with E-state index in [1.54, 1.807) is 16.4 Å². The summed E-state index contributed by atoms with van der Waals surface area (Å²) in [6.07, 6.45) is 0. The number of fused-ring (bicyclic) bond motifs is 3. The molecule has 1 unspecified atom stereocenters. The van der Waals surface area contributed by atoms with E-state index in [1.807, 2.05) is 12.1 Å². The predicted octanol–water partition coefficient (Wildman–Crippen LogP) is 2.86. The molecule has 4 nitrogen and oxygen atoms in total. The van der Waals surface area contributed by atoms with Crippen molar-refractivity contribution in [3.63, 3.8) is 0 Å². The molecule has 0 aliphatic carbocycles. The lowest BCUT2D eigenvalue weighted by Crippen LogP contribution is -2.12. The van der Waals surface area contributed by atoms with Crippen LogP contribution in [0.4, 0.5) is 0 Å². The van der Waals surface area contributed by atoms with Crippen LogP contribution in [0.2, 0.25) is 0 Å². The number of thioether (sulfide) groups is 1. The van der Waals surface area contributed by atoms with Gasteiger partial charge in [-0.1, -0.05) is 60.3 Å². The third-order valence-corrected chi connectivity index (χ3v) is 4.44. The summed E-state index contributed by atoms with van der Waals surface area (Å²) in [4.78, 5) is 0. The van der Waals surface area contributed by atoms with Gasteiger partial charge in [0.2, 0.25) is 5.16 Å².